The number of alkyl halides is 3. The summed E-state index contributed by atoms with van der Waals surface area (Å²) < 4.78 is 46.7. The van der Waals surface area contributed by atoms with Gasteiger partial charge in [0.2, 0.25) is 5.95 Å². The van der Waals surface area contributed by atoms with Gasteiger partial charge in [0.15, 0.2) is 0 Å². The average Bonchev–Trinajstić information content (AvgIpc) is 3.17. The number of rotatable bonds is 8. The fourth-order valence-electron chi connectivity index (χ4n) is 4.32. The van der Waals surface area contributed by atoms with Gasteiger partial charge >= 0.3 is 6.18 Å². The van der Waals surface area contributed by atoms with Gasteiger partial charge in [-0.1, -0.05) is 37.3 Å². The van der Waals surface area contributed by atoms with Crippen LogP contribution in [0.25, 0.3) is 0 Å². The Kier molecular flexibility index (Phi) is 6.92. The first-order valence-corrected chi connectivity index (χ1v) is 11.1. The molecular formula is C25H27F3N4O2. The summed E-state index contributed by atoms with van der Waals surface area (Å²) in [6.07, 6.45) is -1.79. The molecule has 0 amide bonds. The average molecular weight is 473 g/mol. The smallest absolute Gasteiger partial charge is 0.421 e. The number of hydrogen-bond acceptors (Lipinski definition) is 6. The molecule has 2 unspecified atom stereocenters. The summed E-state index contributed by atoms with van der Waals surface area (Å²) in [7, 11) is 1.55. The lowest BCUT2D eigenvalue weighted by molar-refractivity contribution is -0.137. The summed E-state index contributed by atoms with van der Waals surface area (Å²) in [6.45, 7) is 1.97. The highest BCUT2D eigenvalue weighted by molar-refractivity contribution is 5.67. The quantitative estimate of drug-likeness (QED) is 0.401. The zero-order chi connectivity index (χ0) is 24.3. The Morgan fingerprint density at radius 1 is 1.15 bits per heavy atom. The standard InChI is InChI=1S/C25H27F3N4O2/c1-15-10-17-12-21(22(34-2)13-18(17)11-15)31-24-29-14-19(25(26,27)28)23(32-24)30-20(8-9-33)16-6-4-3-5-7-16/h3-7,12-15,20,33H,8-11H2,1-2H3,(H2,29,30,31,32). The van der Waals surface area contributed by atoms with Crippen LogP contribution in [0.4, 0.5) is 30.6 Å². The van der Waals surface area contributed by atoms with Crippen molar-refractivity contribution in [3.05, 3.63) is 70.9 Å². The second-order valence-electron chi connectivity index (χ2n) is 8.53. The van der Waals surface area contributed by atoms with Crippen LogP contribution in [0.2, 0.25) is 0 Å². The molecule has 2 atom stereocenters. The molecule has 0 fully saturated rings. The molecule has 9 heteroatoms. The molecule has 1 aliphatic rings. The van der Waals surface area contributed by atoms with Crippen molar-refractivity contribution in [3.63, 3.8) is 0 Å². The van der Waals surface area contributed by atoms with Gasteiger partial charge in [0.1, 0.15) is 17.1 Å². The summed E-state index contributed by atoms with van der Waals surface area (Å²) in [6, 6.07) is 12.3. The van der Waals surface area contributed by atoms with Crippen LogP contribution in [0.15, 0.2) is 48.7 Å². The molecule has 4 rings (SSSR count). The maximum Gasteiger partial charge on any atom is 0.421 e. The van der Waals surface area contributed by atoms with Crippen molar-refractivity contribution in [2.45, 2.75) is 38.4 Å². The van der Waals surface area contributed by atoms with Crippen molar-refractivity contribution in [3.8, 4) is 5.75 Å². The van der Waals surface area contributed by atoms with Crippen LogP contribution in [0.5, 0.6) is 5.75 Å². The maximum atomic E-state index is 13.7. The van der Waals surface area contributed by atoms with Gasteiger partial charge in [-0.3, -0.25) is 0 Å². The second-order valence-corrected chi connectivity index (χ2v) is 8.53. The van der Waals surface area contributed by atoms with Crippen LogP contribution < -0.4 is 15.4 Å². The Morgan fingerprint density at radius 2 is 1.85 bits per heavy atom. The number of methoxy groups -OCH3 is 1. The molecule has 1 heterocycles. The topological polar surface area (TPSA) is 79.3 Å². The summed E-state index contributed by atoms with van der Waals surface area (Å²) >= 11 is 0. The van der Waals surface area contributed by atoms with E-state index < -0.39 is 17.8 Å². The zero-order valence-corrected chi connectivity index (χ0v) is 19.0. The van der Waals surface area contributed by atoms with E-state index in [0.29, 0.717) is 17.4 Å². The SMILES string of the molecule is COc1cc2c(cc1Nc1ncc(C(F)(F)F)c(NC(CCO)c3ccccc3)n1)CC(C)C2. The second kappa shape index (κ2) is 9.89. The van der Waals surface area contributed by atoms with Crippen molar-refractivity contribution in [1.29, 1.82) is 0 Å². The number of nitrogens with zero attached hydrogens (tertiary/aromatic N) is 2. The van der Waals surface area contributed by atoms with E-state index in [2.05, 4.69) is 27.5 Å². The molecule has 180 valence electrons. The van der Waals surface area contributed by atoms with Gasteiger partial charge in [0.05, 0.1) is 18.8 Å². The zero-order valence-electron chi connectivity index (χ0n) is 19.0. The van der Waals surface area contributed by atoms with Crippen molar-refractivity contribution in [2.24, 2.45) is 5.92 Å². The van der Waals surface area contributed by atoms with Gasteiger partial charge in [0, 0.05) is 12.8 Å². The summed E-state index contributed by atoms with van der Waals surface area (Å²) in [5.74, 6) is 0.750. The monoisotopic (exact) mass is 472 g/mol. The molecule has 2 aromatic carbocycles. The van der Waals surface area contributed by atoms with Gasteiger partial charge in [-0.25, -0.2) is 4.98 Å². The first-order chi connectivity index (χ1) is 16.3. The fourth-order valence-corrected chi connectivity index (χ4v) is 4.32. The van der Waals surface area contributed by atoms with Crippen molar-refractivity contribution < 1.29 is 23.0 Å². The van der Waals surface area contributed by atoms with Gasteiger partial charge < -0.3 is 20.5 Å². The number of nitrogens with one attached hydrogen (secondary N) is 2. The summed E-state index contributed by atoms with van der Waals surface area (Å²) in [5, 5.41) is 15.4. The number of fused-ring (bicyclic) bond motifs is 1. The molecule has 34 heavy (non-hydrogen) atoms. The van der Waals surface area contributed by atoms with Crippen LogP contribution in [-0.4, -0.2) is 28.8 Å². The number of benzene rings is 2. The fraction of sp³-hybridized carbons (Fsp3) is 0.360. The van der Waals surface area contributed by atoms with E-state index in [4.69, 9.17) is 4.74 Å². The third kappa shape index (κ3) is 5.25. The normalized spacial score (nSPS) is 16.1. The number of aliphatic hydroxyl groups is 1. The third-order valence-corrected chi connectivity index (χ3v) is 5.93. The van der Waals surface area contributed by atoms with Crippen molar-refractivity contribution in [2.75, 3.05) is 24.4 Å². The van der Waals surface area contributed by atoms with E-state index in [9.17, 15) is 18.3 Å². The van der Waals surface area contributed by atoms with E-state index >= 15 is 0 Å². The molecule has 6 nitrogen and oxygen atoms in total. The lowest BCUT2D eigenvalue weighted by atomic mass is 10.0. The van der Waals surface area contributed by atoms with Gasteiger partial charge in [-0.2, -0.15) is 18.2 Å². The molecule has 0 spiro atoms. The van der Waals surface area contributed by atoms with E-state index in [1.54, 1.807) is 31.4 Å². The Labute approximate surface area is 196 Å². The van der Waals surface area contributed by atoms with Crippen LogP contribution in [0.3, 0.4) is 0 Å². The molecule has 3 aromatic rings. The minimum atomic E-state index is -4.65. The Morgan fingerprint density at radius 3 is 2.50 bits per heavy atom. The number of ether oxygens (including phenoxy) is 1. The van der Waals surface area contributed by atoms with E-state index in [1.807, 2.05) is 18.2 Å². The maximum absolute atomic E-state index is 13.7. The number of aromatic nitrogens is 2. The predicted octanol–water partition coefficient (Wildman–Crippen LogP) is 5.52. The number of aliphatic hydroxyl groups excluding tert-OH is 1. The molecular weight excluding hydrogens is 445 g/mol. The lowest BCUT2D eigenvalue weighted by Gasteiger charge is -2.22. The van der Waals surface area contributed by atoms with E-state index in [0.717, 1.165) is 24.6 Å². The van der Waals surface area contributed by atoms with E-state index in [-0.39, 0.29) is 24.8 Å². The van der Waals surface area contributed by atoms with Gasteiger partial charge in [0.25, 0.3) is 0 Å². The van der Waals surface area contributed by atoms with E-state index in [1.165, 1.54) is 11.1 Å². The Balaban J connectivity index is 1.68. The van der Waals surface area contributed by atoms with Gasteiger partial charge in [-0.15, -0.1) is 0 Å². The number of halogens is 3. The largest absolute Gasteiger partial charge is 0.495 e. The number of hydrogen-bond donors (Lipinski definition) is 3. The molecule has 0 saturated heterocycles. The molecule has 0 saturated carbocycles. The molecule has 1 aromatic heterocycles. The first-order valence-electron chi connectivity index (χ1n) is 11.1. The van der Waals surface area contributed by atoms with Gasteiger partial charge in [-0.05, 0) is 54.0 Å². The minimum Gasteiger partial charge on any atom is -0.495 e. The third-order valence-electron chi connectivity index (χ3n) is 5.93. The van der Waals surface area contributed by atoms with Crippen LogP contribution >= 0.6 is 0 Å². The molecule has 3 N–H and O–H groups in total. The van der Waals surface area contributed by atoms with Crippen molar-refractivity contribution in [1.82, 2.24) is 9.97 Å². The summed E-state index contributed by atoms with van der Waals surface area (Å²) in [4.78, 5) is 8.10. The number of anilines is 3. The first kappa shape index (κ1) is 23.8. The predicted molar refractivity (Wildman–Crippen MR) is 124 cm³/mol. The Hall–Kier alpha value is -3.33. The minimum absolute atomic E-state index is 0.00982. The lowest BCUT2D eigenvalue weighted by Crippen LogP contribution is -2.19. The highest BCUT2D eigenvalue weighted by Crippen LogP contribution is 2.38. The highest BCUT2D eigenvalue weighted by Gasteiger charge is 2.36. The Bertz CT molecular complexity index is 1140. The van der Waals surface area contributed by atoms with Crippen molar-refractivity contribution >= 4 is 17.5 Å². The molecule has 0 bridgehead atoms. The molecule has 1 aliphatic carbocycles. The van der Waals surface area contributed by atoms with Crippen LogP contribution in [0, 0.1) is 5.92 Å². The van der Waals surface area contributed by atoms with Crippen LogP contribution in [-0.2, 0) is 19.0 Å². The summed E-state index contributed by atoms with van der Waals surface area (Å²) in [5.41, 5.74) is 2.74. The van der Waals surface area contributed by atoms with Crippen LogP contribution in [0.1, 0.15) is 41.6 Å². The highest BCUT2D eigenvalue weighted by atomic mass is 19.4. The molecule has 0 radical (unpaired) electrons. The molecule has 0 aliphatic heterocycles.